The van der Waals surface area contributed by atoms with Crippen LogP contribution in [-0.4, -0.2) is 101 Å². The smallest absolute Gasteiger partial charge is 0.411 e. The Hall–Kier alpha value is -7.70. The van der Waals surface area contributed by atoms with Crippen LogP contribution in [0.15, 0.2) is 109 Å². The highest BCUT2D eigenvalue weighted by atomic mass is 16.6. The number of rotatable bonds is 16. The fraction of sp³-hybridized carbons (Fsp3) is 0.473. The number of hydrogen-bond acceptors (Lipinski definition) is 12. The Kier molecular flexibility index (Phi) is 16.3. The van der Waals surface area contributed by atoms with E-state index in [-0.39, 0.29) is 22.4 Å². The van der Waals surface area contributed by atoms with Crippen LogP contribution >= 0.6 is 0 Å². The Labute approximate surface area is 436 Å². The number of alkyl carbamates (subject to hydrolysis) is 2. The standard InChI is InChI=1S/C55H69N9O11/c1-32(2)53(45(65)66,60-47(69)73-50(5,6)7)39-38(30-72-55(34-23-17-14-18-24-34,35-25-19-15-20-26-35)36-27-21-16-22-28-36)64(49(71)75-52(11,12)13)43(37-29-57-42-41(37)58-31-59-44(42)62-63-56)40(39)54(33(3)4,46(67)68)61-48(70)74-51(8,9)10/h14-29,31-33,38-40,43,57H,30H2,1-13H3,(H,60,69)(H,61,70)(H,65,66)(H,67,68)/t38-,39-,40-,43+,53-,54-/m0/s1. The van der Waals surface area contributed by atoms with Gasteiger partial charge in [-0.1, -0.05) is 119 Å². The second-order valence-corrected chi connectivity index (χ2v) is 22.3. The molecule has 1 saturated heterocycles. The van der Waals surface area contributed by atoms with E-state index in [1.807, 2.05) is 91.0 Å². The van der Waals surface area contributed by atoms with Crippen molar-refractivity contribution in [2.45, 2.75) is 136 Å². The van der Waals surface area contributed by atoms with Crippen LogP contribution < -0.4 is 10.6 Å². The number of aromatic amines is 1. The van der Waals surface area contributed by atoms with Crippen LogP contribution in [0.4, 0.5) is 20.2 Å². The van der Waals surface area contributed by atoms with Gasteiger partial charge in [0.15, 0.2) is 5.82 Å². The van der Waals surface area contributed by atoms with Gasteiger partial charge >= 0.3 is 30.2 Å². The van der Waals surface area contributed by atoms with Gasteiger partial charge in [-0.15, -0.1) is 0 Å². The van der Waals surface area contributed by atoms with Crippen molar-refractivity contribution in [1.29, 1.82) is 0 Å². The SMILES string of the molecule is CC(C)[C@@](NC(=O)OC(C)(C)C)(C(=O)O)[C@@H]1[C@H]([C@](NC(=O)OC(C)(C)C)(C(=O)O)C(C)C)[C@@H](c2c[nH]c3c(N=[N+]=[N-])ncnc23)N(C(=O)OC(C)(C)C)[C@H]1COC(c1ccccc1)(c1ccccc1)c1ccccc1. The number of aliphatic carboxylic acids is 2. The predicted molar refractivity (Wildman–Crippen MR) is 279 cm³/mol. The summed E-state index contributed by atoms with van der Waals surface area (Å²) in [7, 11) is 0. The normalized spacial score (nSPS) is 18.8. The number of azide groups is 1. The van der Waals surface area contributed by atoms with Crippen molar-refractivity contribution in [3.8, 4) is 0 Å². The molecule has 3 heterocycles. The number of carboxylic acids is 2. The lowest BCUT2D eigenvalue weighted by atomic mass is 9.58. The maximum absolute atomic E-state index is 15.9. The Morgan fingerprint density at radius 1 is 0.680 bits per heavy atom. The van der Waals surface area contributed by atoms with E-state index in [9.17, 15) is 30.1 Å². The van der Waals surface area contributed by atoms with E-state index in [2.05, 4.69) is 35.6 Å². The first-order valence-corrected chi connectivity index (χ1v) is 24.7. The molecule has 400 valence electrons. The van der Waals surface area contributed by atoms with E-state index in [0.29, 0.717) is 16.7 Å². The minimum absolute atomic E-state index is 0.0365. The van der Waals surface area contributed by atoms with Gasteiger partial charge < -0.3 is 44.8 Å². The Morgan fingerprint density at radius 3 is 1.49 bits per heavy atom. The van der Waals surface area contributed by atoms with E-state index in [0.717, 1.165) is 6.33 Å². The third-order valence-corrected chi connectivity index (χ3v) is 13.3. The molecule has 0 aliphatic carbocycles. The van der Waals surface area contributed by atoms with Crippen LogP contribution in [0.2, 0.25) is 0 Å². The molecule has 20 heteroatoms. The predicted octanol–water partition coefficient (Wildman–Crippen LogP) is 10.8. The maximum Gasteiger partial charge on any atom is 0.411 e. The largest absolute Gasteiger partial charge is 0.479 e. The van der Waals surface area contributed by atoms with Gasteiger partial charge in [0.2, 0.25) is 0 Å². The van der Waals surface area contributed by atoms with E-state index in [4.69, 9.17) is 18.9 Å². The lowest BCUT2D eigenvalue weighted by Gasteiger charge is -2.50. The summed E-state index contributed by atoms with van der Waals surface area (Å²) >= 11 is 0. The monoisotopic (exact) mass is 1030 g/mol. The minimum Gasteiger partial charge on any atom is -0.479 e. The van der Waals surface area contributed by atoms with Gasteiger partial charge in [-0.3, -0.25) is 4.90 Å². The molecule has 5 aromatic rings. The van der Waals surface area contributed by atoms with Gasteiger partial charge in [-0.05, 0) is 101 Å². The zero-order chi connectivity index (χ0) is 55.5. The van der Waals surface area contributed by atoms with Crippen molar-refractivity contribution in [3.63, 3.8) is 0 Å². The quantitative estimate of drug-likeness (QED) is 0.0202. The molecule has 5 N–H and O–H groups in total. The fourth-order valence-electron chi connectivity index (χ4n) is 10.5. The number of amides is 3. The van der Waals surface area contributed by atoms with Crippen LogP contribution in [0.1, 0.15) is 118 Å². The van der Waals surface area contributed by atoms with Crippen LogP contribution in [0.5, 0.6) is 0 Å². The molecule has 6 atom stereocenters. The molecule has 1 fully saturated rings. The molecule has 1 aliphatic rings. The third-order valence-electron chi connectivity index (χ3n) is 13.3. The summed E-state index contributed by atoms with van der Waals surface area (Å²) < 4.78 is 25.5. The average Bonchev–Trinajstić information content (AvgIpc) is 3.89. The highest BCUT2D eigenvalue weighted by Gasteiger charge is 2.72. The minimum atomic E-state index is -2.63. The van der Waals surface area contributed by atoms with E-state index < -0.39 is 106 Å². The second kappa shape index (κ2) is 21.6. The number of carbonyl (C=O) groups is 5. The van der Waals surface area contributed by atoms with Crippen LogP contribution in [-0.2, 0) is 34.1 Å². The molecule has 1 aliphatic heterocycles. The molecule has 20 nitrogen and oxygen atoms in total. The summed E-state index contributed by atoms with van der Waals surface area (Å²) in [5.74, 6) is -9.41. The summed E-state index contributed by atoms with van der Waals surface area (Å²) in [6.45, 7) is 20.0. The zero-order valence-corrected chi connectivity index (χ0v) is 44.7. The topological polar surface area (TPSA) is 280 Å². The molecule has 0 unspecified atom stereocenters. The Morgan fingerprint density at radius 2 is 1.11 bits per heavy atom. The lowest BCUT2D eigenvalue weighted by molar-refractivity contribution is -0.160. The summed E-state index contributed by atoms with van der Waals surface area (Å²) in [5.41, 5.74) is 1.29. The molecule has 0 spiro atoms. The van der Waals surface area contributed by atoms with Crippen LogP contribution in [0.25, 0.3) is 21.5 Å². The number of nitrogens with one attached hydrogen (secondary N) is 3. The van der Waals surface area contributed by atoms with Crippen LogP contribution in [0.3, 0.4) is 0 Å². The number of nitrogens with zero attached hydrogens (tertiary/aromatic N) is 6. The molecule has 3 amide bonds. The van der Waals surface area contributed by atoms with E-state index >= 15 is 9.59 Å². The number of carboxylic acid groups (broad SMARTS) is 2. The van der Waals surface area contributed by atoms with Crippen LogP contribution in [0, 0.1) is 23.7 Å². The first-order chi connectivity index (χ1) is 35.1. The van der Waals surface area contributed by atoms with Gasteiger partial charge in [-0.25, -0.2) is 33.9 Å². The Bertz CT molecular complexity index is 2810. The zero-order valence-electron chi connectivity index (χ0n) is 44.7. The first kappa shape index (κ1) is 56.6. The number of hydrogen-bond donors (Lipinski definition) is 5. The number of likely N-dealkylation sites (tertiary alicyclic amines) is 1. The summed E-state index contributed by atoms with van der Waals surface area (Å²) in [5, 5.41) is 33.6. The lowest BCUT2D eigenvalue weighted by Crippen LogP contribution is -2.72. The van der Waals surface area contributed by atoms with Gasteiger partial charge in [0.05, 0.1) is 29.7 Å². The van der Waals surface area contributed by atoms with Gasteiger partial charge in [0, 0.05) is 28.5 Å². The number of ether oxygens (including phenoxy) is 4. The first-order valence-electron chi connectivity index (χ1n) is 24.7. The number of carbonyl (C=O) groups excluding carboxylic acids is 3. The molecule has 3 aromatic carbocycles. The highest BCUT2D eigenvalue weighted by Crippen LogP contribution is 2.59. The van der Waals surface area contributed by atoms with Crippen molar-refractivity contribution in [3.05, 3.63) is 136 Å². The van der Waals surface area contributed by atoms with E-state index in [1.165, 1.54) is 38.8 Å². The van der Waals surface area contributed by atoms with Crippen molar-refractivity contribution >= 4 is 47.1 Å². The number of benzene rings is 3. The number of aromatic nitrogens is 3. The fourth-order valence-corrected chi connectivity index (χ4v) is 10.5. The summed E-state index contributed by atoms with van der Waals surface area (Å²) in [4.78, 5) is 91.0. The molecular formula is C55H69N9O11. The Balaban J connectivity index is 1.87. The summed E-state index contributed by atoms with van der Waals surface area (Å²) in [6.07, 6.45) is -0.887. The second-order valence-electron chi connectivity index (χ2n) is 22.3. The van der Waals surface area contributed by atoms with Crippen molar-refractivity contribution in [2.75, 3.05) is 6.61 Å². The van der Waals surface area contributed by atoms with Gasteiger partial charge in [0.25, 0.3) is 0 Å². The van der Waals surface area contributed by atoms with Crippen molar-refractivity contribution < 1.29 is 53.1 Å². The average molecular weight is 1030 g/mol. The molecule has 0 saturated carbocycles. The molecule has 6 rings (SSSR count). The molecule has 2 aromatic heterocycles. The number of H-pyrrole nitrogens is 1. The van der Waals surface area contributed by atoms with Gasteiger partial charge in [0.1, 0.15) is 39.8 Å². The van der Waals surface area contributed by atoms with Crippen molar-refractivity contribution in [1.82, 2.24) is 30.5 Å². The number of fused-ring (bicyclic) bond motifs is 1. The van der Waals surface area contributed by atoms with Gasteiger partial charge in [-0.2, -0.15) is 0 Å². The molecule has 0 bridgehead atoms. The van der Waals surface area contributed by atoms with E-state index in [1.54, 1.807) is 62.3 Å². The summed E-state index contributed by atoms with van der Waals surface area (Å²) in [6, 6.07) is 24.5. The van der Waals surface area contributed by atoms with Crippen molar-refractivity contribution in [2.24, 2.45) is 28.8 Å². The molecule has 0 radical (unpaired) electrons. The highest BCUT2D eigenvalue weighted by molar-refractivity contribution is 5.91. The molecule has 75 heavy (non-hydrogen) atoms. The third kappa shape index (κ3) is 11.4. The molecular weight excluding hydrogens is 963 g/mol. The maximum atomic E-state index is 15.9.